The molecule has 0 atom stereocenters. The summed E-state index contributed by atoms with van der Waals surface area (Å²) in [4.78, 5) is 23.8. The predicted molar refractivity (Wildman–Crippen MR) is 90.8 cm³/mol. The number of hydrogen-bond donors (Lipinski definition) is 0. The van der Waals surface area contributed by atoms with Crippen LogP contribution in [-0.4, -0.2) is 52.1 Å². The van der Waals surface area contributed by atoms with Crippen molar-refractivity contribution in [2.75, 3.05) is 31.1 Å². The first kappa shape index (κ1) is 19.1. The van der Waals surface area contributed by atoms with Gasteiger partial charge in [0, 0.05) is 43.4 Å². The zero-order valence-corrected chi connectivity index (χ0v) is 15.2. The van der Waals surface area contributed by atoms with Crippen LogP contribution in [0.3, 0.4) is 0 Å². The van der Waals surface area contributed by atoms with Crippen LogP contribution in [0.5, 0.6) is 0 Å². The van der Waals surface area contributed by atoms with Crippen molar-refractivity contribution >= 4 is 11.7 Å². The van der Waals surface area contributed by atoms with E-state index in [0.717, 1.165) is 0 Å². The molecule has 3 heterocycles. The van der Waals surface area contributed by atoms with Gasteiger partial charge in [-0.15, -0.1) is 0 Å². The number of aromatic nitrogens is 3. The van der Waals surface area contributed by atoms with Gasteiger partial charge in [0.15, 0.2) is 0 Å². The van der Waals surface area contributed by atoms with Crippen LogP contribution in [0.2, 0.25) is 0 Å². The molecular formula is C17H20F3N5O2. The maximum absolute atomic E-state index is 12.5. The molecule has 0 radical (unpaired) electrons. The van der Waals surface area contributed by atoms with Crippen molar-refractivity contribution in [3.8, 4) is 11.4 Å². The van der Waals surface area contributed by atoms with Gasteiger partial charge >= 0.3 is 12.1 Å². The average molecular weight is 383 g/mol. The third-order valence-electron chi connectivity index (χ3n) is 4.21. The van der Waals surface area contributed by atoms with Crippen LogP contribution in [0, 0.1) is 5.41 Å². The largest absolute Gasteiger partial charge is 0.471 e. The van der Waals surface area contributed by atoms with Crippen LogP contribution in [0.4, 0.5) is 19.0 Å². The summed E-state index contributed by atoms with van der Waals surface area (Å²) < 4.78 is 41.8. The van der Waals surface area contributed by atoms with Crippen molar-refractivity contribution in [3.63, 3.8) is 0 Å². The molecule has 10 heteroatoms. The molecule has 27 heavy (non-hydrogen) atoms. The topological polar surface area (TPSA) is 75.4 Å². The van der Waals surface area contributed by atoms with E-state index in [-0.39, 0.29) is 11.7 Å². The summed E-state index contributed by atoms with van der Waals surface area (Å²) in [5.74, 6) is -0.757. The Kier molecular flexibility index (Phi) is 4.83. The monoisotopic (exact) mass is 383 g/mol. The molecule has 146 valence electrons. The Morgan fingerprint density at radius 2 is 1.78 bits per heavy atom. The second-order valence-corrected chi connectivity index (χ2v) is 7.36. The van der Waals surface area contributed by atoms with E-state index in [1.807, 2.05) is 30.6 Å². The molecule has 0 aromatic carbocycles. The van der Waals surface area contributed by atoms with Crippen LogP contribution in [-0.2, 0) is 11.0 Å². The van der Waals surface area contributed by atoms with Crippen LogP contribution in [0.15, 0.2) is 22.9 Å². The first-order valence-electron chi connectivity index (χ1n) is 8.47. The molecule has 0 spiro atoms. The fourth-order valence-electron chi connectivity index (χ4n) is 2.77. The molecule has 0 aliphatic carbocycles. The minimum Gasteiger partial charge on any atom is -0.353 e. The van der Waals surface area contributed by atoms with Crippen molar-refractivity contribution in [1.29, 1.82) is 0 Å². The molecule has 3 rings (SSSR count). The fourth-order valence-corrected chi connectivity index (χ4v) is 2.77. The minimum absolute atomic E-state index is 0.114. The molecule has 0 saturated carbocycles. The summed E-state index contributed by atoms with van der Waals surface area (Å²) in [6, 6.07) is 3.29. The Bertz CT molecular complexity index is 803. The molecule has 1 amide bonds. The van der Waals surface area contributed by atoms with E-state index in [0.29, 0.717) is 37.6 Å². The van der Waals surface area contributed by atoms with Crippen LogP contribution in [0.25, 0.3) is 11.4 Å². The van der Waals surface area contributed by atoms with Gasteiger partial charge in [0.2, 0.25) is 11.7 Å². The quantitative estimate of drug-likeness (QED) is 0.794. The third-order valence-corrected chi connectivity index (χ3v) is 4.21. The van der Waals surface area contributed by atoms with E-state index < -0.39 is 17.5 Å². The number of nitrogens with zero attached hydrogens (tertiary/aromatic N) is 5. The van der Waals surface area contributed by atoms with Gasteiger partial charge in [-0.2, -0.15) is 18.2 Å². The second-order valence-electron chi connectivity index (χ2n) is 7.36. The van der Waals surface area contributed by atoms with Crippen molar-refractivity contribution in [3.05, 3.63) is 24.2 Å². The molecule has 1 aliphatic heterocycles. The van der Waals surface area contributed by atoms with Gasteiger partial charge in [-0.1, -0.05) is 25.9 Å². The maximum Gasteiger partial charge on any atom is 0.471 e. The Morgan fingerprint density at radius 3 is 2.26 bits per heavy atom. The lowest BCUT2D eigenvalue weighted by atomic mass is 9.94. The average Bonchev–Trinajstić information content (AvgIpc) is 3.11. The molecule has 1 aliphatic rings. The van der Waals surface area contributed by atoms with Gasteiger partial charge in [0.1, 0.15) is 5.82 Å². The summed E-state index contributed by atoms with van der Waals surface area (Å²) >= 11 is 0. The number of alkyl halides is 3. The standard InChI is InChI=1S/C17H20F3N5O2/c1-16(2,3)15(26)25-8-6-24(7-9-25)12-5-4-11(10-21-12)13-22-14(27-23-13)17(18,19)20/h4-5,10H,6-9H2,1-3H3. The summed E-state index contributed by atoms with van der Waals surface area (Å²) in [6.07, 6.45) is -3.27. The number of amides is 1. The molecule has 0 bridgehead atoms. The molecule has 2 aromatic rings. The SMILES string of the molecule is CC(C)(C)C(=O)N1CCN(c2ccc(-c3noc(C(F)(F)F)n3)cn2)CC1. The molecule has 0 unspecified atom stereocenters. The van der Waals surface area contributed by atoms with Crippen LogP contribution < -0.4 is 4.90 Å². The van der Waals surface area contributed by atoms with Crippen LogP contribution in [0.1, 0.15) is 26.7 Å². The molecule has 0 N–H and O–H groups in total. The predicted octanol–water partition coefficient (Wildman–Crippen LogP) is 2.85. The van der Waals surface area contributed by atoms with Gasteiger partial charge in [0.05, 0.1) is 0 Å². The highest BCUT2D eigenvalue weighted by atomic mass is 19.4. The number of carbonyl (C=O) groups is 1. The number of anilines is 1. The Labute approximate surface area is 154 Å². The number of rotatable bonds is 2. The lowest BCUT2D eigenvalue weighted by Gasteiger charge is -2.38. The number of pyridine rings is 1. The summed E-state index contributed by atoms with van der Waals surface area (Å²) in [7, 11) is 0. The number of piperazine rings is 1. The van der Waals surface area contributed by atoms with E-state index in [4.69, 9.17) is 0 Å². The normalized spacial score (nSPS) is 15.9. The van der Waals surface area contributed by atoms with E-state index in [1.165, 1.54) is 6.20 Å². The third kappa shape index (κ3) is 4.20. The molecule has 1 saturated heterocycles. The summed E-state index contributed by atoms with van der Waals surface area (Å²) in [5.41, 5.74) is -0.0818. The van der Waals surface area contributed by atoms with Gasteiger partial charge < -0.3 is 14.3 Å². The van der Waals surface area contributed by atoms with Gasteiger partial charge in [-0.25, -0.2) is 4.98 Å². The number of carbonyl (C=O) groups excluding carboxylic acids is 1. The highest BCUT2D eigenvalue weighted by Gasteiger charge is 2.38. The van der Waals surface area contributed by atoms with Gasteiger partial charge in [-0.3, -0.25) is 4.79 Å². The van der Waals surface area contributed by atoms with E-state index in [9.17, 15) is 18.0 Å². The fraction of sp³-hybridized carbons (Fsp3) is 0.529. The smallest absolute Gasteiger partial charge is 0.353 e. The zero-order chi connectivity index (χ0) is 19.8. The Morgan fingerprint density at radius 1 is 1.11 bits per heavy atom. The second kappa shape index (κ2) is 6.82. The molecular weight excluding hydrogens is 363 g/mol. The Balaban J connectivity index is 1.65. The van der Waals surface area contributed by atoms with Gasteiger partial charge in [-0.05, 0) is 12.1 Å². The minimum atomic E-state index is -4.68. The van der Waals surface area contributed by atoms with E-state index in [1.54, 1.807) is 12.1 Å². The van der Waals surface area contributed by atoms with Crippen molar-refractivity contribution in [1.82, 2.24) is 20.0 Å². The van der Waals surface area contributed by atoms with E-state index >= 15 is 0 Å². The highest BCUT2D eigenvalue weighted by Crippen LogP contribution is 2.29. The number of halogens is 3. The maximum atomic E-state index is 12.5. The van der Waals surface area contributed by atoms with E-state index in [2.05, 4.69) is 19.6 Å². The molecule has 2 aromatic heterocycles. The van der Waals surface area contributed by atoms with Gasteiger partial charge in [0.25, 0.3) is 0 Å². The number of hydrogen-bond acceptors (Lipinski definition) is 6. The lowest BCUT2D eigenvalue weighted by molar-refractivity contribution is -0.159. The Hall–Kier alpha value is -2.65. The summed E-state index contributed by atoms with van der Waals surface area (Å²) in [5, 5.41) is 3.34. The highest BCUT2D eigenvalue weighted by molar-refractivity contribution is 5.81. The zero-order valence-electron chi connectivity index (χ0n) is 15.2. The van der Waals surface area contributed by atoms with Crippen molar-refractivity contribution < 1.29 is 22.5 Å². The van der Waals surface area contributed by atoms with Crippen LogP contribution >= 0.6 is 0 Å². The molecule has 7 nitrogen and oxygen atoms in total. The van der Waals surface area contributed by atoms with Crippen molar-refractivity contribution in [2.45, 2.75) is 26.9 Å². The first-order valence-corrected chi connectivity index (χ1v) is 8.47. The molecule has 1 fully saturated rings. The lowest BCUT2D eigenvalue weighted by Crippen LogP contribution is -2.51. The first-order chi connectivity index (χ1) is 12.6. The summed E-state index contributed by atoms with van der Waals surface area (Å²) in [6.45, 7) is 8.14. The van der Waals surface area contributed by atoms with Crippen molar-refractivity contribution in [2.24, 2.45) is 5.41 Å².